The molecular formula is C12H14ClN3O3S. The van der Waals surface area contributed by atoms with Gasteiger partial charge in [-0.1, -0.05) is 17.7 Å². The molecule has 0 bridgehead atoms. The molecule has 0 saturated heterocycles. The molecule has 0 unspecified atom stereocenters. The topological polar surface area (TPSA) is 84.1 Å². The number of aryl methyl sites for hydroxylation is 1. The zero-order chi connectivity index (χ0) is 14.8. The summed E-state index contributed by atoms with van der Waals surface area (Å²) in [6, 6.07) is 5.13. The normalized spacial score (nSPS) is 11.6. The highest BCUT2D eigenvalue weighted by molar-refractivity contribution is 7.89. The summed E-state index contributed by atoms with van der Waals surface area (Å²) in [4.78, 5) is 0.114. The lowest BCUT2D eigenvalue weighted by atomic mass is 10.2. The Bertz CT molecular complexity index is 712. The van der Waals surface area contributed by atoms with E-state index in [1.165, 1.54) is 13.3 Å². The molecule has 0 aliphatic carbocycles. The molecule has 108 valence electrons. The summed E-state index contributed by atoms with van der Waals surface area (Å²) >= 11 is 6.06. The number of benzene rings is 1. The van der Waals surface area contributed by atoms with Gasteiger partial charge in [-0.3, -0.25) is 5.10 Å². The van der Waals surface area contributed by atoms with Crippen molar-refractivity contribution in [1.29, 1.82) is 0 Å². The van der Waals surface area contributed by atoms with E-state index in [9.17, 15) is 8.42 Å². The number of halogens is 1. The Morgan fingerprint density at radius 3 is 2.80 bits per heavy atom. The van der Waals surface area contributed by atoms with Crippen molar-refractivity contribution in [3.63, 3.8) is 0 Å². The number of ether oxygens (including phenoxy) is 1. The first-order valence-corrected chi connectivity index (χ1v) is 7.63. The van der Waals surface area contributed by atoms with Crippen molar-refractivity contribution in [3.8, 4) is 5.75 Å². The van der Waals surface area contributed by atoms with E-state index in [1.54, 1.807) is 25.1 Å². The maximum absolute atomic E-state index is 12.1. The van der Waals surface area contributed by atoms with E-state index in [0.29, 0.717) is 22.0 Å². The lowest BCUT2D eigenvalue weighted by molar-refractivity contribution is 0.409. The molecule has 0 fully saturated rings. The maximum Gasteiger partial charge on any atom is 0.244 e. The van der Waals surface area contributed by atoms with E-state index in [1.807, 2.05) is 0 Å². The molecule has 0 radical (unpaired) electrons. The van der Waals surface area contributed by atoms with Crippen molar-refractivity contribution in [2.24, 2.45) is 0 Å². The van der Waals surface area contributed by atoms with Crippen molar-refractivity contribution in [1.82, 2.24) is 14.9 Å². The first-order valence-electron chi connectivity index (χ1n) is 5.76. The summed E-state index contributed by atoms with van der Waals surface area (Å²) < 4.78 is 31.9. The van der Waals surface area contributed by atoms with E-state index in [4.69, 9.17) is 16.3 Å². The number of sulfonamides is 1. The van der Waals surface area contributed by atoms with Crippen LogP contribution in [0, 0.1) is 6.92 Å². The molecule has 2 aromatic rings. The van der Waals surface area contributed by atoms with Crippen LogP contribution < -0.4 is 9.46 Å². The predicted octanol–water partition coefficient (Wildman–Crippen LogP) is 1.86. The fourth-order valence-corrected chi connectivity index (χ4v) is 3.12. The Labute approximate surface area is 122 Å². The molecule has 20 heavy (non-hydrogen) atoms. The summed E-state index contributed by atoms with van der Waals surface area (Å²) in [6.07, 6.45) is 1.27. The predicted molar refractivity (Wildman–Crippen MR) is 75.4 cm³/mol. The Hall–Kier alpha value is -1.57. The number of aromatic nitrogens is 2. The second kappa shape index (κ2) is 5.82. The highest BCUT2D eigenvalue weighted by Gasteiger charge is 2.19. The van der Waals surface area contributed by atoms with Crippen molar-refractivity contribution in [2.75, 3.05) is 7.11 Å². The van der Waals surface area contributed by atoms with Gasteiger partial charge in [0.05, 0.1) is 19.0 Å². The summed E-state index contributed by atoms with van der Waals surface area (Å²) in [6.45, 7) is 1.67. The molecule has 0 aliphatic heterocycles. The molecule has 0 atom stereocenters. The largest absolute Gasteiger partial charge is 0.496 e. The summed E-state index contributed by atoms with van der Waals surface area (Å²) in [5.74, 6) is 0.532. The van der Waals surface area contributed by atoms with Crippen LogP contribution >= 0.6 is 11.6 Å². The SMILES string of the molecule is COc1cccc(Cl)c1CNS(=O)(=O)c1cn[nH]c1C. The molecular weight excluding hydrogens is 302 g/mol. The van der Waals surface area contributed by atoms with Crippen LogP contribution in [0.15, 0.2) is 29.3 Å². The molecule has 0 spiro atoms. The molecule has 2 N–H and O–H groups in total. The Balaban J connectivity index is 2.23. The number of H-pyrrole nitrogens is 1. The Morgan fingerprint density at radius 2 is 2.20 bits per heavy atom. The standard InChI is InChI=1S/C12H14ClN3O3S/c1-8-12(7-14-16-8)20(17,18)15-6-9-10(13)4-3-5-11(9)19-2/h3-5,7,15H,6H2,1-2H3,(H,14,16). The smallest absolute Gasteiger partial charge is 0.244 e. The van der Waals surface area contributed by atoms with Gasteiger partial charge in [-0.2, -0.15) is 5.10 Å². The minimum atomic E-state index is -3.65. The van der Waals surface area contributed by atoms with Gasteiger partial charge in [0.1, 0.15) is 10.6 Å². The van der Waals surface area contributed by atoms with Crippen LogP contribution in [0.5, 0.6) is 5.75 Å². The van der Waals surface area contributed by atoms with Crippen LogP contribution in [-0.2, 0) is 16.6 Å². The molecule has 8 heteroatoms. The molecule has 1 aromatic carbocycles. The third kappa shape index (κ3) is 2.95. The van der Waals surface area contributed by atoms with Crippen molar-refractivity contribution in [2.45, 2.75) is 18.4 Å². The number of aromatic amines is 1. The van der Waals surface area contributed by atoms with E-state index >= 15 is 0 Å². The van der Waals surface area contributed by atoms with Crippen molar-refractivity contribution in [3.05, 3.63) is 40.7 Å². The van der Waals surface area contributed by atoms with Crippen LogP contribution in [-0.4, -0.2) is 25.7 Å². The molecule has 6 nitrogen and oxygen atoms in total. The Kier molecular flexibility index (Phi) is 4.32. The van der Waals surface area contributed by atoms with Gasteiger partial charge in [-0.05, 0) is 19.1 Å². The third-order valence-electron chi connectivity index (χ3n) is 2.81. The molecule has 1 heterocycles. The van der Waals surface area contributed by atoms with Crippen molar-refractivity contribution < 1.29 is 13.2 Å². The molecule has 1 aromatic heterocycles. The highest BCUT2D eigenvalue weighted by atomic mass is 35.5. The number of nitrogens with zero attached hydrogens (tertiary/aromatic N) is 1. The summed E-state index contributed by atoms with van der Waals surface area (Å²) in [7, 11) is -2.14. The average molecular weight is 316 g/mol. The van der Waals surface area contributed by atoms with Gasteiger partial charge < -0.3 is 4.74 Å². The third-order valence-corrected chi connectivity index (χ3v) is 4.68. The zero-order valence-corrected chi connectivity index (χ0v) is 12.5. The van der Waals surface area contributed by atoms with Gasteiger partial charge in [-0.15, -0.1) is 0 Å². The second-order valence-corrected chi connectivity index (χ2v) is 6.25. The average Bonchev–Trinajstić information content (AvgIpc) is 2.84. The zero-order valence-electron chi connectivity index (χ0n) is 11.0. The molecule has 0 saturated carbocycles. The minimum absolute atomic E-state index is 0.0375. The lowest BCUT2D eigenvalue weighted by Gasteiger charge is -2.11. The monoisotopic (exact) mass is 315 g/mol. The summed E-state index contributed by atoms with van der Waals surface area (Å²) in [5.41, 5.74) is 1.06. The Morgan fingerprint density at radius 1 is 1.45 bits per heavy atom. The van der Waals surface area contributed by atoms with E-state index in [0.717, 1.165) is 0 Å². The summed E-state index contributed by atoms with van der Waals surface area (Å²) in [5, 5.41) is 6.73. The fraction of sp³-hybridized carbons (Fsp3) is 0.250. The molecule has 0 aliphatic rings. The lowest BCUT2D eigenvalue weighted by Crippen LogP contribution is -2.24. The van der Waals surface area contributed by atoms with Gasteiger partial charge in [-0.25, -0.2) is 13.1 Å². The van der Waals surface area contributed by atoms with Crippen LogP contribution in [0.1, 0.15) is 11.3 Å². The van der Waals surface area contributed by atoms with Gasteiger partial charge >= 0.3 is 0 Å². The maximum atomic E-state index is 12.1. The van der Waals surface area contributed by atoms with Crippen LogP contribution in [0.2, 0.25) is 5.02 Å². The van der Waals surface area contributed by atoms with Crippen LogP contribution in [0.4, 0.5) is 0 Å². The number of methoxy groups -OCH3 is 1. The quantitative estimate of drug-likeness (QED) is 0.882. The minimum Gasteiger partial charge on any atom is -0.496 e. The number of hydrogen-bond acceptors (Lipinski definition) is 4. The highest BCUT2D eigenvalue weighted by Crippen LogP contribution is 2.26. The number of nitrogens with one attached hydrogen (secondary N) is 2. The van der Waals surface area contributed by atoms with Crippen LogP contribution in [0.25, 0.3) is 0 Å². The van der Waals surface area contributed by atoms with Gasteiger partial charge in [0.25, 0.3) is 0 Å². The van der Waals surface area contributed by atoms with Crippen molar-refractivity contribution >= 4 is 21.6 Å². The van der Waals surface area contributed by atoms with E-state index in [2.05, 4.69) is 14.9 Å². The first-order chi connectivity index (χ1) is 9.45. The molecule has 0 amide bonds. The van der Waals surface area contributed by atoms with Crippen LogP contribution in [0.3, 0.4) is 0 Å². The van der Waals surface area contributed by atoms with E-state index < -0.39 is 10.0 Å². The number of hydrogen-bond donors (Lipinski definition) is 2. The molecule has 2 rings (SSSR count). The van der Waals surface area contributed by atoms with E-state index in [-0.39, 0.29) is 11.4 Å². The second-order valence-electron chi connectivity index (χ2n) is 4.10. The van der Waals surface area contributed by atoms with Gasteiger partial charge in [0.2, 0.25) is 10.0 Å². The van der Waals surface area contributed by atoms with Gasteiger partial charge in [0, 0.05) is 17.1 Å². The first kappa shape index (κ1) is 14.8. The fourth-order valence-electron chi connectivity index (χ4n) is 1.76. The number of rotatable bonds is 5. The van der Waals surface area contributed by atoms with Gasteiger partial charge in [0.15, 0.2) is 0 Å².